The number of allylic oxidation sites excluding steroid dienone is 1. The second-order valence-corrected chi connectivity index (χ2v) is 23.8. The molecule has 0 radical (unpaired) electrons. The Bertz CT molecular complexity index is 1490. The lowest BCUT2D eigenvalue weighted by molar-refractivity contribution is -0.168. The summed E-state index contributed by atoms with van der Waals surface area (Å²) in [6.07, 6.45) is 24.5. The SMILES string of the molecule is CC(=O)CC[C@@H](C)[C@H]1CCC2C3C(CC[C@@]21C)[C@@]1(C)CC[C@@H](C)C[C@H]1C[C@H]3O.C[C@@H]1CC[C@@]2(C)C(=C[C@@H](O)C3C2CC[C@@]2(C)C3CC[C@@H]2[C@H](C)CCC(=O)OP)C1. The Balaban J connectivity index is 0.000000174. The first-order valence-corrected chi connectivity index (χ1v) is 24.8. The number of ketones is 1. The van der Waals surface area contributed by atoms with E-state index >= 15 is 0 Å². The number of hydrogen-bond donors (Lipinski definition) is 2. The summed E-state index contributed by atoms with van der Waals surface area (Å²) in [6.45, 7) is 21.4. The van der Waals surface area contributed by atoms with Crippen molar-refractivity contribution < 1.29 is 24.3 Å². The fourth-order valence-corrected chi connectivity index (χ4v) is 17.6. The molecule has 6 heteroatoms. The van der Waals surface area contributed by atoms with Gasteiger partial charge in [-0.05, 0) is 208 Å². The molecule has 324 valence electrons. The van der Waals surface area contributed by atoms with Gasteiger partial charge in [-0.2, -0.15) is 0 Å². The minimum atomic E-state index is -0.265. The molecule has 0 spiro atoms. The second-order valence-electron chi connectivity index (χ2n) is 23.6. The summed E-state index contributed by atoms with van der Waals surface area (Å²) in [5, 5.41) is 22.7. The number of hydrogen-bond acceptors (Lipinski definition) is 5. The largest absolute Gasteiger partial charge is 0.452 e. The van der Waals surface area contributed by atoms with Crippen molar-refractivity contribution in [2.75, 3.05) is 0 Å². The van der Waals surface area contributed by atoms with E-state index in [9.17, 15) is 19.8 Å². The van der Waals surface area contributed by atoms with Gasteiger partial charge >= 0.3 is 5.97 Å². The number of fused-ring (bicyclic) bond motifs is 10. The first-order valence-electron chi connectivity index (χ1n) is 24.3. The van der Waals surface area contributed by atoms with Crippen LogP contribution in [0.25, 0.3) is 0 Å². The van der Waals surface area contributed by atoms with Crippen molar-refractivity contribution in [1.29, 1.82) is 0 Å². The normalized spacial score (nSPS) is 49.5. The van der Waals surface area contributed by atoms with Gasteiger partial charge in [-0.1, -0.05) is 73.5 Å². The van der Waals surface area contributed by atoms with Crippen LogP contribution in [0, 0.1) is 98.6 Å². The van der Waals surface area contributed by atoms with Gasteiger partial charge in [-0.25, -0.2) is 0 Å². The van der Waals surface area contributed by atoms with Gasteiger partial charge in [-0.15, -0.1) is 0 Å². The van der Waals surface area contributed by atoms with E-state index in [0.717, 1.165) is 55.3 Å². The van der Waals surface area contributed by atoms with Crippen LogP contribution in [0.15, 0.2) is 11.6 Å². The maximum atomic E-state index is 11.6. The average Bonchev–Trinajstić information content (AvgIpc) is 3.71. The first-order chi connectivity index (χ1) is 26.9. The zero-order valence-electron chi connectivity index (χ0n) is 37.9. The molecule has 5 nitrogen and oxygen atoms in total. The van der Waals surface area contributed by atoms with Gasteiger partial charge in [0.2, 0.25) is 0 Å². The molecule has 2 N–H and O–H groups in total. The van der Waals surface area contributed by atoms with Crippen LogP contribution in [0.1, 0.15) is 184 Å². The first kappa shape index (κ1) is 44.3. The van der Waals surface area contributed by atoms with Crippen LogP contribution in [0.5, 0.6) is 0 Å². The van der Waals surface area contributed by atoms with Crippen LogP contribution in [0.4, 0.5) is 0 Å². The number of aliphatic hydroxyl groups is 2. The highest BCUT2D eigenvalue weighted by Gasteiger charge is 2.63. The highest BCUT2D eigenvalue weighted by molar-refractivity contribution is 7.10. The molecule has 7 unspecified atom stereocenters. The van der Waals surface area contributed by atoms with Crippen LogP contribution in [0.2, 0.25) is 0 Å². The molecule has 0 aromatic heterocycles. The van der Waals surface area contributed by atoms with Gasteiger partial charge in [0.15, 0.2) is 0 Å². The molecule has 8 aliphatic rings. The molecule has 0 saturated heterocycles. The number of aliphatic hydroxyl groups excluding tert-OH is 2. The summed E-state index contributed by atoms with van der Waals surface area (Å²) in [4.78, 5) is 23.2. The molecule has 7 fully saturated rings. The third-order valence-corrected chi connectivity index (χ3v) is 21.0. The van der Waals surface area contributed by atoms with Crippen LogP contribution in [-0.4, -0.2) is 34.2 Å². The third-order valence-electron chi connectivity index (χ3n) is 20.7. The monoisotopic (exact) mass is 809 g/mol. The predicted octanol–water partition coefficient (Wildman–Crippen LogP) is 12.2. The summed E-state index contributed by atoms with van der Waals surface area (Å²) in [5.74, 6) is 8.76. The Labute approximate surface area is 351 Å². The van der Waals surface area contributed by atoms with Crippen molar-refractivity contribution in [1.82, 2.24) is 0 Å². The summed E-state index contributed by atoms with van der Waals surface area (Å²) in [7, 11) is 2.08. The van der Waals surface area contributed by atoms with E-state index in [-0.39, 0.29) is 18.2 Å². The summed E-state index contributed by atoms with van der Waals surface area (Å²) in [6, 6.07) is 0. The smallest absolute Gasteiger partial charge is 0.307 e. The van der Waals surface area contributed by atoms with Gasteiger partial charge in [0.05, 0.1) is 21.7 Å². The van der Waals surface area contributed by atoms with Crippen LogP contribution in [-0.2, 0) is 14.1 Å². The summed E-state index contributed by atoms with van der Waals surface area (Å²) in [5.41, 5.74) is 3.02. The van der Waals surface area contributed by atoms with Gasteiger partial charge in [0, 0.05) is 12.8 Å². The Morgan fingerprint density at radius 3 is 1.88 bits per heavy atom. The highest BCUT2D eigenvalue weighted by atomic mass is 31.0. The lowest BCUT2D eigenvalue weighted by Gasteiger charge is -2.62. The maximum absolute atomic E-state index is 11.6. The minimum absolute atomic E-state index is 0.0794. The molecule has 8 aliphatic carbocycles. The van der Waals surface area contributed by atoms with Crippen molar-refractivity contribution in [3.8, 4) is 0 Å². The molecule has 0 amide bonds. The molecule has 7 saturated carbocycles. The number of Topliss-reactive ketones (excluding diaryl/α,β-unsaturated/α-hetero) is 1. The van der Waals surface area contributed by atoms with Crippen molar-refractivity contribution >= 4 is 21.2 Å². The van der Waals surface area contributed by atoms with Crippen molar-refractivity contribution in [3.63, 3.8) is 0 Å². The maximum Gasteiger partial charge on any atom is 0.307 e. The lowest BCUT2D eigenvalue weighted by atomic mass is 9.43. The van der Waals surface area contributed by atoms with E-state index in [2.05, 4.69) is 70.9 Å². The topological polar surface area (TPSA) is 83.8 Å². The van der Waals surface area contributed by atoms with Gasteiger partial charge in [0.1, 0.15) is 5.78 Å². The highest BCUT2D eigenvalue weighted by Crippen LogP contribution is 2.70. The summed E-state index contributed by atoms with van der Waals surface area (Å²) >= 11 is 0. The van der Waals surface area contributed by atoms with E-state index in [0.29, 0.717) is 81.2 Å². The van der Waals surface area contributed by atoms with Gasteiger partial charge in [0.25, 0.3) is 0 Å². The molecule has 20 atom stereocenters. The molecule has 0 aromatic rings. The Kier molecular flexibility index (Phi) is 13.1. The molecule has 57 heavy (non-hydrogen) atoms. The van der Waals surface area contributed by atoms with Gasteiger partial charge in [-0.3, -0.25) is 4.79 Å². The summed E-state index contributed by atoms with van der Waals surface area (Å²) < 4.78 is 4.79. The molecule has 0 aromatic carbocycles. The van der Waals surface area contributed by atoms with E-state index in [1.54, 1.807) is 12.5 Å². The van der Waals surface area contributed by atoms with Crippen LogP contribution in [0.3, 0.4) is 0 Å². The quantitative estimate of drug-likeness (QED) is 0.188. The number of carbonyl (C=O) groups is 2. The fourth-order valence-electron chi connectivity index (χ4n) is 17.5. The van der Waals surface area contributed by atoms with E-state index in [1.807, 2.05) is 0 Å². The fraction of sp³-hybridized carbons (Fsp3) is 0.922. The standard InChI is InChI=1S/C26H44O2.C25H41O3P/c1-16-10-12-25(4)19(14-16)15-23(28)24-21-9-8-20(17(2)6-7-18(3)27)26(21,5)13-11-22(24)25;1-15-9-11-24(3)17(13-15)14-21(26)23-19-7-6-18(16(2)5-8-22(27)28-29)25(19,4)12-10-20(23)24/h16-17,19-24,28H,6-15H2,1-5H3;14-16,18-21,23,26H,5-13,29H2,1-4H3/t16-,17-,19+,20-,21?,22?,23-,24?,25+,26-;15-,16-,18-,19?,20?,21-,23?,24+,25-/m11/s1. The predicted molar refractivity (Wildman–Crippen MR) is 235 cm³/mol. The van der Waals surface area contributed by atoms with Gasteiger partial charge < -0.3 is 19.5 Å². The van der Waals surface area contributed by atoms with Crippen molar-refractivity contribution in [2.24, 2.45) is 98.6 Å². The molecular weight excluding hydrogens is 724 g/mol. The number of carbonyl (C=O) groups excluding carboxylic acids is 2. The molecule has 0 aliphatic heterocycles. The second kappa shape index (κ2) is 16.8. The number of rotatable bonds is 8. The Hall–Kier alpha value is -0.770. The van der Waals surface area contributed by atoms with E-state index in [4.69, 9.17) is 4.52 Å². The lowest BCUT2D eigenvalue weighted by Crippen LogP contribution is -2.58. The molecule has 0 heterocycles. The molecule has 0 bridgehead atoms. The zero-order chi connectivity index (χ0) is 41.2. The Morgan fingerprint density at radius 1 is 0.719 bits per heavy atom. The average molecular weight is 809 g/mol. The third kappa shape index (κ3) is 7.85. The Morgan fingerprint density at radius 2 is 1.26 bits per heavy atom. The molecule has 8 rings (SSSR count). The van der Waals surface area contributed by atoms with Crippen molar-refractivity contribution in [3.05, 3.63) is 11.6 Å². The minimum Gasteiger partial charge on any atom is -0.452 e. The molecular formula is C51H85O5P. The van der Waals surface area contributed by atoms with E-state index < -0.39 is 0 Å². The van der Waals surface area contributed by atoms with Crippen LogP contribution >= 0.6 is 9.47 Å². The van der Waals surface area contributed by atoms with Crippen molar-refractivity contribution in [2.45, 2.75) is 197 Å². The zero-order valence-corrected chi connectivity index (χ0v) is 39.0. The van der Waals surface area contributed by atoms with Crippen LogP contribution < -0.4 is 0 Å². The van der Waals surface area contributed by atoms with E-state index in [1.165, 1.54) is 89.9 Å².